The van der Waals surface area contributed by atoms with Crippen LogP contribution in [0.3, 0.4) is 0 Å². The van der Waals surface area contributed by atoms with Crippen molar-refractivity contribution in [1.82, 2.24) is 0 Å². The minimum Gasteiger partial charge on any atom is -0.541 e. The SMILES string of the molecule is BOC(=O)[C@H](O)c1ccccc1. The van der Waals surface area contributed by atoms with Crippen LogP contribution in [-0.2, 0) is 9.45 Å². The smallest absolute Gasteiger partial charge is 0.326 e. The molecule has 0 saturated carbocycles. The van der Waals surface area contributed by atoms with Crippen molar-refractivity contribution in [3.05, 3.63) is 35.9 Å². The Hall–Kier alpha value is -1.29. The first kappa shape index (κ1) is 8.81. The summed E-state index contributed by atoms with van der Waals surface area (Å²) in [5.41, 5.74) is 0.546. The Morgan fingerprint density at radius 1 is 1.42 bits per heavy atom. The third kappa shape index (κ3) is 1.86. The summed E-state index contributed by atoms with van der Waals surface area (Å²) in [5, 5.41) is 9.31. The fourth-order valence-corrected chi connectivity index (χ4v) is 0.883. The lowest BCUT2D eigenvalue weighted by atomic mass is 10.1. The van der Waals surface area contributed by atoms with E-state index in [1.807, 2.05) is 6.07 Å². The van der Waals surface area contributed by atoms with E-state index in [2.05, 4.69) is 4.65 Å². The molecule has 1 rings (SSSR count). The van der Waals surface area contributed by atoms with Gasteiger partial charge in [-0.1, -0.05) is 30.3 Å². The van der Waals surface area contributed by atoms with E-state index in [4.69, 9.17) is 0 Å². The molecule has 1 atom stereocenters. The molecule has 62 valence electrons. The summed E-state index contributed by atoms with van der Waals surface area (Å²) in [6.45, 7) is 0. The summed E-state index contributed by atoms with van der Waals surface area (Å²) in [4.78, 5) is 10.8. The third-order valence-corrected chi connectivity index (χ3v) is 1.54. The number of aliphatic hydroxyl groups excluding tert-OH is 1. The molecule has 12 heavy (non-hydrogen) atoms. The molecule has 0 spiro atoms. The zero-order chi connectivity index (χ0) is 8.97. The van der Waals surface area contributed by atoms with Crippen LogP contribution in [-0.4, -0.2) is 19.1 Å². The van der Waals surface area contributed by atoms with Crippen LogP contribution in [0.5, 0.6) is 0 Å². The molecule has 0 radical (unpaired) electrons. The third-order valence-electron chi connectivity index (χ3n) is 1.54. The second kappa shape index (κ2) is 3.92. The zero-order valence-corrected chi connectivity index (χ0v) is 6.73. The van der Waals surface area contributed by atoms with Crippen LogP contribution in [0, 0.1) is 0 Å². The van der Waals surface area contributed by atoms with E-state index in [-0.39, 0.29) is 0 Å². The topological polar surface area (TPSA) is 46.5 Å². The largest absolute Gasteiger partial charge is 0.541 e. The van der Waals surface area contributed by atoms with Gasteiger partial charge in [0.2, 0.25) is 0 Å². The molecular formula is C8H9BO3. The average molecular weight is 164 g/mol. The van der Waals surface area contributed by atoms with Crippen LogP contribution in [0.2, 0.25) is 0 Å². The van der Waals surface area contributed by atoms with E-state index in [1.54, 1.807) is 24.3 Å². The standard InChI is InChI=1S/C8H9BO3/c9-12-8(11)7(10)6-4-2-1-3-5-6/h1-5,7,10H,9H2/t7-/m1/s1. The number of aliphatic hydroxyl groups is 1. The van der Waals surface area contributed by atoms with Crippen molar-refractivity contribution in [1.29, 1.82) is 0 Å². The molecule has 0 amide bonds. The van der Waals surface area contributed by atoms with Gasteiger partial charge in [-0.3, -0.25) is 4.79 Å². The Labute approximate surface area is 71.4 Å². The van der Waals surface area contributed by atoms with Crippen molar-refractivity contribution in [3.8, 4) is 0 Å². The van der Waals surface area contributed by atoms with Gasteiger partial charge in [-0.2, -0.15) is 0 Å². The maximum Gasteiger partial charge on any atom is 0.326 e. The van der Waals surface area contributed by atoms with Gasteiger partial charge in [0.1, 0.15) is 0 Å². The van der Waals surface area contributed by atoms with Gasteiger partial charge in [-0.05, 0) is 5.56 Å². The van der Waals surface area contributed by atoms with Crippen LogP contribution in [0.4, 0.5) is 0 Å². The van der Waals surface area contributed by atoms with E-state index in [9.17, 15) is 9.90 Å². The van der Waals surface area contributed by atoms with E-state index in [1.165, 1.54) is 8.05 Å². The number of carbonyl (C=O) groups is 1. The minimum atomic E-state index is -1.17. The van der Waals surface area contributed by atoms with Crippen LogP contribution in [0.15, 0.2) is 30.3 Å². The first-order valence-electron chi connectivity index (χ1n) is 3.56. The molecule has 1 aromatic carbocycles. The predicted octanol–water partition coefficient (Wildman–Crippen LogP) is -0.189. The molecule has 3 nitrogen and oxygen atoms in total. The van der Waals surface area contributed by atoms with Gasteiger partial charge in [0.05, 0.1) is 0 Å². The number of hydrogen-bond acceptors (Lipinski definition) is 3. The molecule has 0 aliphatic heterocycles. The van der Waals surface area contributed by atoms with Crippen LogP contribution >= 0.6 is 0 Å². The van der Waals surface area contributed by atoms with Gasteiger partial charge in [0, 0.05) is 0 Å². The first-order chi connectivity index (χ1) is 5.75. The Kier molecular flexibility index (Phi) is 2.88. The van der Waals surface area contributed by atoms with Crippen LogP contribution in [0.1, 0.15) is 11.7 Å². The molecule has 0 aliphatic rings. The van der Waals surface area contributed by atoms with Crippen molar-refractivity contribution in [3.63, 3.8) is 0 Å². The van der Waals surface area contributed by atoms with Gasteiger partial charge in [0.25, 0.3) is 0 Å². The summed E-state index contributed by atoms with van der Waals surface area (Å²) in [6.07, 6.45) is -1.17. The normalized spacial score (nSPS) is 12.1. The summed E-state index contributed by atoms with van der Waals surface area (Å²) in [7, 11) is 1.24. The highest BCUT2D eigenvalue weighted by Crippen LogP contribution is 2.12. The Morgan fingerprint density at radius 2 is 2.00 bits per heavy atom. The summed E-state index contributed by atoms with van der Waals surface area (Å²) in [5.74, 6) is -0.638. The number of carbonyl (C=O) groups excluding carboxylic acids is 1. The van der Waals surface area contributed by atoms with Crippen molar-refractivity contribution >= 4 is 14.0 Å². The molecule has 0 fully saturated rings. The predicted molar refractivity (Wildman–Crippen MR) is 46.0 cm³/mol. The minimum absolute atomic E-state index is 0.546. The molecule has 0 unspecified atom stereocenters. The summed E-state index contributed by atoms with van der Waals surface area (Å²) >= 11 is 0. The molecule has 0 bridgehead atoms. The second-order valence-corrected chi connectivity index (χ2v) is 2.34. The molecule has 1 aromatic rings. The van der Waals surface area contributed by atoms with E-state index < -0.39 is 12.1 Å². The molecule has 0 aliphatic carbocycles. The molecular weight excluding hydrogens is 155 g/mol. The summed E-state index contributed by atoms with van der Waals surface area (Å²) in [6, 6.07) is 8.65. The van der Waals surface area contributed by atoms with Crippen molar-refractivity contribution in [2.24, 2.45) is 0 Å². The Balaban J connectivity index is 2.78. The second-order valence-electron chi connectivity index (χ2n) is 2.34. The Bertz CT molecular complexity index is 260. The molecule has 0 heterocycles. The first-order valence-corrected chi connectivity index (χ1v) is 3.56. The lowest BCUT2D eigenvalue weighted by Gasteiger charge is -2.07. The number of hydrogen-bond donors (Lipinski definition) is 1. The van der Waals surface area contributed by atoms with E-state index >= 15 is 0 Å². The van der Waals surface area contributed by atoms with Crippen LogP contribution in [0.25, 0.3) is 0 Å². The maximum absolute atomic E-state index is 10.8. The monoisotopic (exact) mass is 164 g/mol. The Morgan fingerprint density at radius 3 is 2.50 bits per heavy atom. The van der Waals surface area contributed by atoms with Gasteiger partial charge < -0.3 is 9.76 Å². The molecule has 4 heteroatoms. The van der Waals surface area contributed by atoms with Crippen molar-refractivity contribution in [2.45, 2.75) is 6.10 Å². The molecule has 1 N–H and O–H groups in total. The highest BCUT2D eigenvalue weighted by molar-refractivity contribution is 6.06. The fourth-order valence-electron chi connectivity index (χ4n) is 0.883. The van der Waals surface area contributed by atoms with E-state index in [0.717, 1.165) is 0 Å². The van der Waals surface area contributed by atoms with Gasteiger partial charge in [0.15, 0.2) is 6.10 Å². The van der Waals surface area contributed by atoms with Gasteiger partial charge in [-0.15, -0.1) is 0 Å². The highest BCUT2D eigenvalue weighted by atomic mass is 16.5. The fraction of sp³-hybridized carbons (Fsp3) is 0.125. The molecule has 0 saturated heterocycles. The van der Waals surface area contributed by atoms with Gasteiger partial charge in [-0.25, -0.2) is 0 Å². The highest BCUT2D eigenvalue weighted by Gasteiger charge is 2.15. The molecule has 0 aromatic heterocycles. The lowest BCUT2D eigenvalue weighted by molar-refractivity contribution is -0.143. The quantitative estimate of drug-likeness (QED) is 0.616. The average Bonchev–Trinajstić information content (AvgIpc) is 2.17. The van der Waals surface area contributed by atoms with Crippen molar-refractivity contribution < 1.29 is 14.6 Å². The van der Waals surface area contributed by atoms with Crippen molar-refractivity contribution in [2.75, 3.05) is 0 Å². The maximum atomic E-state index is 10.8. The number of benzene rings is 1. The zero-order valence-electron chi connectivity index (χ0n) is 6.73. The van der Waals surface area contributed by atoms with E-state index in [0.29, 0.717) is 5.56 Å². The van der Waals surface area contributed by atoms with Gasteiger partial charge >= 0.3 is 14.0 Å². The lowest BCUT2D eigenvalue weighted by Crippen LogP contribution is -2.13. The number of rotatable bonds is 2. The summed E-state index contributed by atoms with van der Waals surface area (Å²) < 4.78 is 4.38. The van der Waals surface area contributed by atoms with Crippen LogP contribution < -0.4 is 0 Å².